The normalized spacial score (nSPS) is 10.9. The number of nitrogens with zero attached hydrogens (tertiary/aromatic N) is 4. The molecule has 0 aliphatic heterocycles. The lowest BCUT2D eigenvalue weighted by Gasteiger charge is -2.12. The van der Waals surface area contributed by atoms with Crippen LogP contribution in [-0.4, -0.2) is 38.0 Å². The molecule has 0 saturated carbocycles. The number of nitrogens with one attached hydrogen (secondary N) is 2. The standard InChI is InChI=1S/C21H22N6O/c1-15-8-5-6-11-18(15)24-19-17-14-23-27(16-9-3-2-4-10-16)20(17)26-21(25-19)22-12-7-13-28/h2-6,8-11,14,28H,7,12-13H2,1H3,(H2,22,24,25,26). The number of aliphatic hydroxyl groups is 1. The fourth-order valence-corrected chi connectivity index (χ4v) is 2.96. The molecule has 142 valence electrons. The van der Waals surface area contributed by atoms with E-state index in [1.807, 2.05) is 48.5 Å². The van der Waals surface area contributed by atoms with Crippen molar-refractivity contribution in [3.8, 4) is 5.69 Å². The number of rotatable bonds is 7. The summed E-state index contributed by atoms with van der Waals surface area (Å²) in [6.07, 6.45) is 2.40. The van der Waals surface area contributed by atoms with Crippen LogP contribution in [-0.2, 0) is 0 Å². The lowest BCUT2D eigenvalue weighted by Crippen LogP contribution is -2.09. The van der Waals surface area contributed by atoms with E-state index >= 15 is 0 Å². The molecule has 28 heavy (non-hydrogen) atoms. The Morgan fingerprint density at radius 1 is 1.00 bits per heavy atom. The summed E-state index contributed by atoms with van der Waals surface area (Å²) in [7, 11) is 0. The Bertz CT molecular complexity index is 1080. The number of fused-ring (bicyclic) bond motifs is 1. The van der Waals surface area contributed by atoms with Crippen LogP contribution in [0, 0.1) is 6.92 Å². The van der Waals surface area contributed by atoms with E-state index in [1.165, 1.54) is 0 Å². The summed E-state index contributed by atoms with van der Waals surface area (Å²) in [6, 6.07) is 17.9. The van der Waals surface area contributed by atoms with Gasteiger partial charge in [0.05, 0.1) is 17.3 Å². The van der Waals surface area contributed by atoms with E-state index in [1.54, 1.807) is 10.9 Å². The van der Waals surface area contributed by atoms with Crippen molar-refractivity contribution in [3.05, 3.63) is 66.4 Å². The molecule has 0 fully saturated rings. The van der Waals surface area contributed by atoms with Gasteiger partial charge in [-0.25, -0.2) is 4.68 Å². The first-order chi connectivity index (χ1) is 13.8. The van der Waals surface area contributed by atoms with Crippen molar-refractivity contribution in [3.63, 3.8) is 0 Å². The monoisotopic (exact) mass is 374 g/mol. The highest BCUT2D eigenvalue weighted by Gasteiger charge is 2.14. The minimum Gasteiger partial charge on any atom is -0.396 e. The average molecular weight is 374 g/mol. The molecule has 0 aliphatic carbocycles. The maximum atomic E-state index is 9.05. The van der Waals surface area contributed by atoms with Crippen LogP contribution in [0.5, 0.6) is 0 Å². The molecule has 2 aromatic heterocycles. The Morgan fingerprint density at radius 2 is 1.79 bits per heavy atom. The topological polar surface area (TPSA) is 87.9 Å². The van der Waals surface area contributed by atoms with E-state index in [4.69, 9.17) is 5.11 Å². The van der Waals surface area contributed by atoms with E-state index in [0.29, 0.717) is 30.4 Å². The van der Waals surface area contributed by atoms with Crippen molar-refractivity contribution in [2.75, 3.05) is 23.8 Å². The predicted molar refractivity (Wildman–Crippen MR) is 111 cm³/mol. The second-order valence-corrected chi connectivity index (χ2v) is 6.47. The number of aryl methyl sites for hydroxylation is 1. The molecule has 4 aromatic rings. The number of hydrogen-bond acceptors (Lipinski definition) is 6. The summed E-state index contributed by atoms with van der Waals surface area (Å²) in [5.74, 6) is 1.18. The van der Waals surface area contributed by atoms with Crippen LogP contribution in [0.3, 0.4) is 0 Å². The maximum Gasteiger partial charge on any atom is 0.226 e. The molecule has 0 atom stereocenters. The second-order valence-electron chi connectivity index (χ2n) is 6.47. The molecule has 3 N–H and O–H groups in total. The first-order valence-corrected chi connectivity index (χ1v) is 9.25. The number of hydrogen-bond donors (Lipinski definition) is 3. The highest BCUT2D eigenvalue weighted by atomic mass is 16.3. The SMILES string of the molecule is Cc1ccccc1Nc1nc(NCCCO)nc2c1cnn2-c1ccccc1. The van der Waals surface area contributed by atoms with Gasteiger partial charge < -0.3 is 15.7 Å². The van der Waals surface area contributed by atoms with Crippen LogP contribution in [0.2, 0.25) is 0 Å². The molecule has 2 aromatic carbocycles. The van der Waals surface area contributed by atoms with Gasteiger partial charge >= 0.3 is 0 Å². The lowest BCUT2D eigenvalue weighted by atomic mass is 10.2. The minimum absolute atomic E-state index is 0.117. The van der Waals surface area contributed by atoms with Gasteiger partial charge in [-0.2, -0.15) is 15.1 Å². The average Bonchev–Trinajstić information content (AvgIpc) is 3.15. The smallest absolute Gasteiger partial charge is 0.226 e. The summed E-state index contributed by atoms with van der Waals surface area (Å²) in [5.41, 5.74) is 3.75. The minimum atomic E-state index is 0.117. The summed E-state index contributed by atoms with van der Waals surface area (Å²) in [5, 5.41) is 21.0. The third kappa shape index (κ3) is 3.65. The molecule has 0 amide bonds. The number of benzene rings is 2. The third-order valence-corrected chi connectivity index (χ3v) is 4.45. The summed E-state index contributed by atoms with van der Waals surface area (Å²) in [4.78, 5) is 9.31. The van der Waals surface area contributed by atoms with E-state index in [0.717, 1.165) is 22.3 Å². The van der Waals surface area contributed by atoms with Crippen molar-refractivity contribution < 1.29 is 5.11 Å². The number of para-hydroxylation sites is 2. The molecule has 2 heterocycles. The van der Waals surface area contributed by atoms with Gasteiger partial charge in [0.15, 0.2) is 5.65 Å². The lowest BCUT2D eigenvalue weighted by molar-refractivity contribution is 0.292. The van der Waals surface area contributed by atoms with Gasteiger partial charge in [0, 0.05) is 18.8 Å². The quantitative estimate of drug-likeness (QED) is 0.428. The summed E-state index contributed by atoms with van der Waals surface area (Å²) in [6.45, 7) is 2.76. The summed E-state index contributed by atoms with van der Waals surface area (Å²) >= 11 is 0. The zero-order valence-corrected chi connectivity index (χ0v) is 15.6. The van der Waals surface area contributed by atoms with Gasteiger partial charge in [-0.1, -0.05) is 36.4 Å². The molecule has 7 nitrogen and oxygen atoms in total. The van der Waals surface area contributed by atoms with E-state index in [9.17, 15) is 0 Å². The van der Waals surface area contributed by atoms with Crippen molar-refractivity contribution >= 4 is 28.5 Å². The van der Waals surface area contributed by atoms with Gasteiger partial charge in [0.1, 0.15) is 5.82 Å². The van der Waals surface area contributed by atoms with Gasteiger partial charge in [0.25, 0.3) is 0 Å². The molecule has 0 spiro atoms. The fraction of sp³-hybridized carbons (Fsp3) is 0.190. The van der Waals surface area contributed by atoms with Crippen molar-refractivity contribution in [1.29, 1.82) is 0 Å². The molecule has 0 unspecified atom stereocenters. The van der Waals surface area contributed by atoms with E-state index in [-0.39, 0.29) is 6.61 Å². The zero-order chi connectivity index (χ0) is 19.3. The van der Waals surface area contributed by atoms with E-state index in [2.05, 4.69) is 38.7 Å². The van der Waals surface area contributed by atoms with Crippen LogP contribution in [0.25, 0.3) is 16.7 Å². The van der Waals surface area contributed by atoms with Crippen LogP contribution in [0.4, 0.5) is 17.5 Å². The highest BCUT2D eigenvalue weighted by molar-refractivity contribution is 5.90. The predicted octanol–water partition coefficient (Wildman–Crippen LogP) is 3.66. The molecule has 0 saturated heterocycles. The molecular weight excluding hydrogens is 352 g/mol. The number of aliphatic hydroxyl groups excluding tert-OH is 1. The number of aromatic nitrogens is 4. The van der Waals surface area contributed by atoms with Crippen molar-refractivity contribution in [2.45, 2.75) is 13.3 Å². The van der Waals surface area contributed by atoms with Gasteiger partial charge in [-0.05, 0) is 37.1 Å². The largest absolute Gasteiger partial charge is 0.396 e. The fourth-order valence-electron chi connectivity index (χ4n) is 2.96. The van der Waals surface area contributed by atoms with Crippen LogP contribution < -0.4 is 10.6 Å². The van der Waals surface area contributed by atoms with Crippen LogP contribution in [0.15, 0.2) is 60.8 Å². The maximum absolute atomic E-state index is 9.05. The van der Waals surface area contributed by atoms with E-state index < -0.39 is 0 Å². The van der Waals surface area contributed by atoms with Crippen molar-refractivity contribution in [2.24, 2.45) is 0 Å². The van der Waals surface area contributed by atoms with Gasteiger partial charge in [-0.3, -0.25) is 0 Å². The Labute approximate surface area is 163 Å². The second kappa shape index (κ2) is 8.06. The Kier molecular flexibility index (Phi) is 5.16. The summed E-state index contributed by atoms with van der Waals surface area (Å²) < 4.78 is 1.80. The van der Waals surface area contributed by atoms with Gasteiger partial charge in [0.2, 0.25) is 5.95 Å². The zero-order valence-electron chi connectivity index (χ0n) is 15.6. The molecule has 0 aliphatic rings. The first kappa shape index (κ1) is 17.9. The Hall–Kier alpha value is -3.45. The molecule has 4 rings (SSSR count). The Morgan fingerprint density at radius 3 is 2.57 bits per heavy atom. The van der Waals surface area contributed by atoms with Gasteiger partial charge in [-0.15, -0.1) is 0 Å². The molecule has 7 heteroatoms. The Balaban J connectivity index is 1.80. The molecular formula is C21H22N6O. The van der Waals surface area contributed by atoms with Crippen LogP contribution >= 0.6 is 0 Å². The number of anilines is 3. The first-order valence-electron chi connectivity index (χ1n) is 9.25. The molecule has 0 radical (unpaired) electrons. The van der Waals surface area contributed by atoms with Crippen molar-refractivity contribution in [1.82, 2.24) is 19.7 Å². The molecule has 0 bridgehead atoms. The van der Waals surface area contributed by atoms with Crippen LogP contribution in [0.1, 0.15) is 12.0 Å². The highest BCUT2D eigenvalue weighted by Crippen LogP contribution is 2.28. The third-order valence-electron chi connectivity index (χ3n) is 4.45.